The molecule has 2 saturated carbocycles. The van der Waals surface area contributed by atoms with Crippen LogP contribution >= 0.6 is 0 Å². The van der Waals surface area contributed by atoms with Gasteiger partial charge in [-0.05, 0) is 32.1 Å². The normalized spacial score (nSPS) is 27.9. The average molecular weight is 264 g/mol. The van der Waals surface area contributed by atoms with Gasteiger partial charge in [-0.25, -0.2) is 4.79 Å². The number of urea groups is 1. The van der Waals surface area contributed by atoms with Crippen LogP contribution in [0.1, 0.15) is 70.6 Å². The van der Waals surface area contributed by atoms with E-state index in [1.165, 1.54) is 70.6 Å². The summed E-state index contributed by atoms with van der Waals surface area (Å²) in [5.74, 6) is 0. The Morgan fingerprint density at radius 3 is 1.47 bits per heavy atom. The summed E-state index contributed by atoms with van der Waals surface area (Å²) in [7, 11) is 0. The molecule has 0 unspecified atom stereocenters. The van der Waals surface area contributed by atoms with Crippen molar-refractivity contribution in [2.75, 3.05) is 13.1 Å². The summed E-state index contributed by atoms with van der Waals surface area (Å²) in [6.45, 7) is 2.01. The second kappa shape index (κ2) is 6.15. The molecule has 0 atom stereocenters. The predicted molar refractivity (Wildman–Crippen MR) is 77.2 cm³/mol. The van der Waals surface area contributed by atoms with Gasteiger partial charge in [0.1, 0.15) is 0 Å². The summed E-state index contributed by atoms with van der Waals surface area (Å²) in [5.41, 5.74) is 0. The molecule has 2 amide bonds. The molecule has 0 N–H and O–H groups in total. The van der Waals surface area contributed by atoms with Crippen molar-refractivity contribution in [3.05, 3.63) is 0 Å². The van der Waals surface area contributed by atoms with Gasteiger partial charge in [0.05, 0.1) is 0 Å². The molecule has 0 radical (unpaired) electrons. The third kappa shape index (κ3) is 2.90. The second-order valence-electron chi connectivity index (χ2n) is 6.61. The van der Waals surface area contributed by atoms with Crippen molar-refractivity contribution in [2.45, 2.75) is 82.7 Å². The first-order chi connectivity index (χ1) is 9.36. The van der Waals surface area contributed by atoms with Gasteiger partial charge in [0.25, 0.3) is 0 Å². The lowest BCUT2D eigenvalue weighted by Crippen LogP contribution is -2.56. The third-order valence-corrected chi connectivity index (χ3v) is 5.32. The quantitative estimate of drug-likeness (QED) is 0.744. The standard InChI is InChI=1S/C16H28N2O/c19-16-17(14-8-3-1-4-9-14)12-7-13-18(16)15-10-5-2-6-11-15/h14-15H,1-13H2. The van der Waals surface area contributed by atoms with E-state index in [2.05, 4.69) is 9.80 Å². The Labute approximate surface area is 117 Å². The number of rotatable bonds is 2. The minimum Gasteiger partial charge on any atom is -0.322 e. The Morgan fingerprint density at radius 2 is 1.05 bits per heavy atom. The maximum absolute atomic E-state index is 12.8. The number of nitrogens with zero attached hydrogens (tertiary/aromatic N) is 2. The lowest BCUT2D eigenvalue weighted by atomic mass is 9.92. The topological polar surface area (TPSA) is 23.6 Å². The zero-order valence-corrected chi connectivity index (χ0v) is 12.1. The van der Waals surface area contributed by atoms with Crippen LogP contribution in [0.2, 0.25) is 0 Å². The highest BCUT2D eigenvalue weighted by molar-refractivity contribution is 5.76. The summed E-state index contributed by atoms with van der Waals surface area (Å²) in [6.07, 6.45) is 14.1. The summed E-state index contributed by atoms with van der Waals surface area (Å²) in [4.78, 5) is 17.2. The molecule has 1 aliphatic heterocycles. The molecule has 0 aromatic heterocycles. The van der Waals surface area contributed by atoms with Crippen molar-refractivity contribution in [3.8, 4) is 0 Å². The number of carbonyl (C=O) groups is 1. The first kappa shape index (κ1) is 13.3. The van der Waals surface area contributed by atoms with Crippen molar-refractivity contribution in [1.82, 2.24) is 9.80 Å². The number of hydrogen-bond donors (Lipinski definition) is 0. The maximum atomic E-state index is 12.8. The second-order valence-corrected chi connectivity index (χ2v) is 6.61. The highest BCUT2D eigenvalue weighted by Gasteiger charge is 2.35. The molecule has 1 saturated heterocycles. The Morgan fingerprint density at radius 1 is 0.632 bits per heavy atom. The number of hydrogen-bond acceptors (Lipinski definition) is 1. The van der Waals surface area contributed by atoms with Gasteiger partial charge in [-0.3, -0.25) is 0 Å². The van der Waals surface area contributed by atoms with Gasteiger partial charge in [0.2, 0.25) is 0 Å². The Kier molecular flexibility index (Phi) is 4.29. The minimum atomic E-state index is 0.366. The monoisotopic (exact) mass is 264 g/mol. The fourth-order valence-electron chi connectivity index (χ4n) is 4.23. The van der Waals surface area contributed by atoms with E-state index in [1.807, 2.05) is 0 Å². The highest BCUT2D eigenvalue weighted by Crippen LogP contribution is 2.29. The smallest absolute Gasteiger partial charge is 0.320 e. The van der Waals surface area contributed by atoms with E-state index in [9.17, 15) is 4.79 Å². The van der Waals surface area contributed by atoms with Gasteiger partial charge in [0.15, 0.2) is 0 Å². The van der Waals surface area contributed by atoms with E-state index in [0.29, 0.717) is 18.1 Å². The SMILES string of the molecule is O=C1N(C2CCCCC2)CCCN1C1CCCCC1. The lowest BCUT2D eigenvalue weighted by molar-refractivity contribution is 0.0701. The number of amides is 2. The molecule has 2 aliphatic carbocycles. The molecule has 0 bridgehead atoms. The molecular weight excluding hydrogens is 236 g/mol. The molecule has 0 aromatic rings. The minimum absolute atomic E-state index is 0.366. The van der Waals surface area contributed by atoms with Crippen LogP contribution in [0.15, 0.2) is 0 Å². The van der Waals surface area contributed by atoms with Gasteiger partial charge in [-0.15, -0.1) is 0 Å². The van der Waals surface area contributed by atoms with Gasteiger partial charge in [-0.1, -0.05) is 38.5 Å². The van der Waals surface area contributed by atoms with Gasteiger partial charge >= 0.3 is 6.03 Å². The van der Waals surface area contributed by atoms with Crippen LogP contribution in [0.5, 0.6) is 0 Å². The van der Waals surface area contributed by atoms with Crippen molar-refractivity contribution in [2.24, 2.45) is 0 Å². The van der Waals surface area contributed by atoms with E-state index < -0.39 is 0 Å². The maximum Gasteiger partial charge on any atom is 0.320 e. The fourth-order valence-corrected chi connectivity index (χ4v) is 4.23. The molecule has 19 heavy (non-hydrogen) atoms. The fraction of sp³-hybridized carbons (Fsp3) is 0.938. The van der Waals surface area contributed by atoms with Crippen LogP contribution in [-0.2, 0) is 0 Å². The van der Waals surface area contributed by atoms with Crippen LogP contribution in [0.4, 0.5) is 4.79 Å². The molecule has 0 spiro atoms. The van der Waals surface area contributed by atoms with E-state index >= 15 is 0 Å². The summed E-state index contributed by atoms with van der Waals surface area (Å²) in [5, 5.41) is 0. The first-order valence-electron chi connectivity index (χ1n) is 8.43. The molecule has 108 valence electrons. The Hall–Kier alpha value is -0.730. The predicted octanol–water partition coefficient (Wildman–Crippen LogP) is 3.78. The zero-order chi connectivity index (χ0) is 13.1. The molecular formula is C16H28N2O. The van der Waals surface area contributed by atoms with E-state index in [1.54, 1.807) is 0 Å². The summed E-state index contributed by atoms with van der Waals surface area (Å²) < 4.78 is 0. The van der Waals surface area contributed by atoms with Crippen molar-refractivity contribution < 1.29 is 4.79 Å². The van der Waals surface area contributed by atoms with Gasteiger partial charge < -0.3 is 9.80 Å². The largest absolute Gasteiger partial charge is 0.322 e. The molecule has 1 heterocycles. The molecule has 3 rings (SSSR count). The highest BCUT2D eigenvalue weighted by atomic mass is 16.2. The lowest BCUT2D eigenvalue weighted by Gasteiger charge is -2.45. The van der Waals surface area contributed by atoms with Crippen molar-refractivity contribution in [1.29, 1.82) is 0 Å². The van der Waals surface area contributed by atoms with Crippen molar-refractivity contribution >= 4 is 6.03 Å². The molecule has 3 fully saturated rings. The molecule has 3 nitrogen and oxygen atoms in total. The molecule has 0 aromatic carbocycles. The van der Waals surface area contributed by atoms with E-state index in [-0.39, 0.29) is 0 Å². The van der Waals surface area contributed by atoms with Crippen LogP contribution in [0.3, 0.4) is 0 Å². The van der Waals surface area contributed by atoms with Gasteiger partial charge in [-0.2, -0.15) is 0 Å². The summed E-state index contributed by atoms with van der Waals surface area (Å²) >= 11 is 0. The molecule has 3 aliphatic rings. The van der Waals surface area contributed by atoms with Crippen molar-refractivity contribution in [3.63, 3.8) is 0 Å². The third-order valence-electron chi connectivity index (χ3n) is 5.32. The zero-order valence-electron chi connectivity index (χ0n) is 12.1. The first-order valence-corrected chi connectivity index (χ1v) is 8.43. The van der Waals surface area contributed by atoms with Crippen LogP contribution < -0.4 is 0 Å². The van der Waals surface area contributed by atoms with Crippen LogP contribution in [0.25, 0.3) is 0 Å². The van der Waals surface area contributed by atoms with Crippen LogP contribution in [-0.4, -0.2) is 41.0 Å². The Bertz CT molecular complexity index is 278. The number of carbonyl (C=O) groups excluding carboxylic acids is 1. The van der Waals surface area contributed by atoms with Gasteiger partial charge in [0, 0.05) is 25.2 Å². The average Bonchev–Trinajstić information content (AvgIpc) is 2.49. The Balaban J connectivity index is 1.64. The van der Waals surface area contributed by atoms with E-state index in [0.717, 1.165) is 13.1 Å². The molecule has 3 heteroatoms. The van der Waals surface area contributed by atoms with E-state index in [4.69, 9.17) is 0 Å². The van der Waals surface area contributed by atoms with Crippen LogP contribution in [0, 0.1) is 0 Å². The summed E-state index contributed by atoms with van der Waals surface area (Å²) in [6, 6.07) is 1.46.